The molecule has 0 aliphatic heterocycles. The second-order valence-corrected chi connectivity index (χ2v) is 5.02. The number of nitrogens with one attached hydrogen (secondary N) is 1. The van der Waals surface area contributed by atoms with Crippen LogP contribution in [0.25, 0.3) is 6.08 Å². The van der Waals surface area contributed by atoms with Gasteiger partial charge in [0.05, 0.1) is 11.6 Å². The van der Waals surface area contributed by atoms with Crippen LogP contribution in [0.15, 0.2) is 60.7 Å². The predicted molar refractivity (Wildman–Crippen MR) is 89.1 cm³/mol. The molecule has 3 nitrogen and oxygen atoms in total. The van der Waals surface area contributed by atoms with Gasteiger partial charge in [-0.3, -0.25) is 0 Å². The van der Waals surface area contributed by atoms with Crippen LogP contribution in [-0.2, 0) is 0 Å². The number of nitrogens with zero attached hydrogens (tertiary/aromatic N) is 1. The largest absolute Gasteiger partial charge is 0.396 e. The van der Waals surface area contributed by atoms with Crippen molar-refractivity contribution in [3.05, 3.63) is 77.4 Å². The lowest BCUT2D eigenvalue weighted by molar-refractivity contribution is 0.267. The highest BCUT2D eigenvalue weighted by molar-refractivity contribution is 5.51. The van der Waals surface area contributed by atoms with Crippen molar-refractivity contribution in [2.24, 2.45) is 0 Å². The third-order valence-corrected chi connectivity index (χ3v) is 3.45. The van der Waals surface area contributed by atoms with Crippen molar-refractivity contribution < 1.29 is 5.11 Å². The molecule has 0 spiro atoms. The van der Waals surface area contributed by atoms with Crippen LogP contribution in [0.1, 0.15) is 29.2 Å². The number of hydrogen-bond acceptors (Lipinski definition) is 3. The van der Waals surface area contributed by atoms with Crippen LogP contribution >= 0.6 is 0 Å². The molecule has 0 aromatic heterocycles. The molecule has 2 aromatic rings. The summed E-state index contributed by atoms with van der Waals surface area (Å²) in [6.45, 7) is 0.880. The normalized spacial score (nSPS) is 12.2. The van der Waals surface area contributed by atoms with E-state index in [1.54, 1.807) is 0 Å². The Kier molecular flexibility index (Phi) is 6.38. The lowest BCUT2D eigenvalue weighted by atomic mass is 10.0. The highest BCUT2D eigenvalue weighted by Gasteiger charge is 2.08. The van der Waals surface area contributed by atoms with Gasteiger partial charge in [-0.25, -0.2) is 0 Å². The second kappa shape index (κ2) is 8.78. The zero-order valence-electron chi connectivity index (χ0n) is 12.4. The molecule has 0 unspecified atom stereocenters. The summed E-state index contributed by atoms with van der Waals surface area (Å²) >= 11 is 0. The molecule has 0 aliphatic rings. The molecule has 112 valence electrons. The summed E-state index contributed by atoms with van der Waals surface area (Å²) in [5, 5.41) is 21.4. The molecule has 0 radical (unpaired) electrons. The number of rotatable bonds is 7. The Bertz CT molecular complexity index is 627. The molecule has 0 aliphatic carbocycles. The molecule has 2 rings (SSSR count). The minimum Gasteiger partial charge on any atom is -0.396 e. The van der Waals surface area contributed by atoms with Crippen LogP contribution < -0.4 is 5.32 Å². The molecule has 0 fully saturated rings. The Morgan fingerprint density at radius 1 is 1.09 bits per heavy atom. The van der Waals surface area contributed by atoms with Crippen molar-refractivity contribution in [2.45, 2.75) is 12.5 Å². The maximum Gasteiger partial charge on any atom is 0.0991 e. The molecule has 0 heterocycles. The highest BCUT2D eigenvalue weighted by atomic mass is 16.3. The van der Waals surface area contributed by atoms with Crippen LogP contribution in [0, 0.1) is 11.3 Å². The van der Waals surface area contributed by atoms with Crippen molar-refractivity contribution in [2.75, 3.05) is 13.2 Å². The van der Waals surface area contributed by atoms with Gasteiger partial charge in [-0.1, -0.05) is 54.6 Å². The fraction of sp³-hybridized carbons (Fsp3) is 0.211. The van der Waals surface area contributed by atoms with E-state index in [2.05, 4.69) is 29.6 Å². The van der Waals surface area contributed by atoms with Crippen molar-refractivity contribution in [1.29, 1.82) is 5.26 Å². The topological polar surface area (TPSA) is 56.0 Å². The lowest BCUT2D eigenvalue weighted by Crippen LogP contribution is -2.22. The summed E-state index contributed by atoms with van der Waals surface area (Å²) in [6.07, 6.45) is 4.76. The average Bonchev–Trinajstić information content (AvgIpc) is 2.59. The van der Waals surface area contributed by atoms with Gasteiger partial charge in [0.15, 0.2) is 0 Å². The van der Waals surface area contributed by atoms with E-state index in [1.807, 2.05) is 48.5 Å². The van der Waals surface area contributed by atoms with Crippen molar-refractivity contribution in [3.8, 4) is 6.07 Å². The van der Waals surface area contributed by atoms with Crippen LogP contribution in [0.2, 0.25) is 0 Å². The van der Waals surface area contributed by atoms with Crippen LogP contribution in [0.3, 0.4) is 0 Å². The minimum atomic E-state index is 0.150. The number of aliphatic hydroxyl groups is 1. The van der Waals surface area contributed by atoms with Gasteiger partial charge in [-0.05, 0) is 29.7 Å². The number of benzene rings is 2. The molecule has 0 saturated heterocycles. The molecule has 2 aromatic carbocycles. The van der Waals surface area contributed by atoms with E-state index in [-0.39, 0.29) is 12.6 Å². The van der Waals surface area contributed by atoms with Gasteiger partial charge in [0.1, 0.15) is 0 Å². The summed E-state index contributed by atoms with van der Waals surface area (Å²) in [4.78, 5) is 0. The van der Waals surface area contributed by atoms with Gasteiger partial charge < -0.3 is 10.4 Å². The predicted octanol–water partition coefficient (Wildman–Crippen LogP) is 3.28. The maximum atomic E-state index is 9.20. The molecule has 1 atom stereocenters. The number of aliphatic hydroxyl groups excluding tert-OH is 1. The molecule has 0 saturated carbocycles. The van der Waals surface area contributed by atoms with E-state index < -0.39 is 0 Å². The van der Waals surface area contributed by atoms with Crippen LogP contribution in [0.5, 0.6) is 0 Å². The zero-order chi connectivity index (χ0) is 15.6. The third-order valence-electron chi connectivity index (χ3n) is 3.45. The summed E-state index contributed by atoms with van der Waals surface area (Å²) in [7, 11) is 0. The summed E-state index contributed by atoms with van der Waals surface area (Å²) in [5.41, 5.74) is 2.92. The average molecular weight is 292 g/mol. The first-order valence-electron chi connectivity index (χ1n) is 7.39. The van der Waals surface area contributed by atoms with Gasteiger partial charge in [0, 0.05) is 19.2 Å². The quantitative estimate of drug-likeness (QED) is 0.823. The Balaban J connectivity index is 1.89. The number of hydrogen-bond donors (Lipinski definition) is 2. The van der Waals surface area contributed by atoms with E-state index in [0.717, 1.165) is 12.1 Å². The smallest absolute Gasteiger partial charge is 0.0991 e. The summed E-state index contributed by atoms with van der Waals surface area (Å²) in [5.74, 6) is 0. The van der Waals surface area contributed by atoms with Gasteiger partial charge in [0.2, 0.25) is 0 Å². The Morgan fingerprint density at radius 2 is 1.82 bits per heavy atom. The van der Waals surface area contributed by atoms with Crippen LogP contribution in [0.4, 0.5) is 0 Å². The van der Waals surface area contributed by atoms with E-state index in [0.29, 0.717) is 12.0 Å². The number of nitriles is 1. The molecule has 2 N–H and O–H groups in total. The molecular weight excluding hydrogens is 272 g/mol. The standard InChI is InChI=1S/C19H20N2O/c20-15-17-10-8-16(9-11-17)5-4-13-21-19(12-14-22)18-6-2-1-3-7-18/h1-11,19,21-22H,12-14H2/b5-4+/t19-/m1/s1. The molecule has 3 heteroatoms. The van der Waals surface area contributed by atoms with Gasteiger partial charge in [-0.2, -0.15) is 5.26 Å². The van der Waals surface area contributed by atoms with Gasteiger partial charge in [0.25, 0.3) is 0 Å². The lowest BCUT2D eigenvalue weighted by Gasteiger charge is -2.17. The van der Waals surface area contributed by atoms with E-state index >= 15 is 0 Å². The Labute approximate surface area is 131 Å². The first-order chi connectivity index (χ1) is 10.8. The van der Waals surface area contributed by atoms with Crippen molar-refractivity contribution in [1.82, 2.24) is 5.32 Å². The molecule has 0 amide bonds. The third kappa shape index (κ3) is 4.85. The highest BCUT2D eigenvalue weighted by Crippen LogP contribution is 2.15. The van der Waals surface area contributed by atoms with E-state index in [4.69, 9.17) is 5.26 Å². The van der Waals surface area contributed by atoms with Gasteiger partial charge in [-0.15, -0.1) is 0 Å². The summed E-state index contributed by atoms with van der Waals surface area (Å²) < 4.78 is 0. The second-order valence-electron chi connectivity index (χ2n) is 5.02. The fourth-order valence-electron chi connectivity index (χ4n) is 2.28. The van der Waals surface area contributed by atoms with E-state index in [9.17, 15) is 5.11 Å². The van der Waals surface area contributed by atoms with E-state index in [1.165, 1.54) is 5.56 Å². The monoisotopic (exact) mass is 292 g/mol. The maximum absolute atomic E-state index is 9.20. The minimum absolute atomic E-state index is 0.150. The first kappa shape index (κ1) is 16.0. The van der Waals surface area contributed by atoms with Gasteiger partial charge >= 0.3 is 0 Å². The van der Waals surface area contributed by atoms with Crippen molar-refractivity contribution in [3.63, 3.8) is 0 Å². The Hall–Kier alpha value is -2.41. The molecule has 22 heavy (non-hydrogen) atoms. The zero-order valence-corrected chi connectivity index (χ0v) is 12.4. The first-order valence-corrected chi connectivity index (χ1v) is 7.39. The van der Waals surface area contributed by atoms with Crippen molar-refractivity contribution >= 4 is 6.08 Å². The molecule has 0 bridgehead atoms. The SMILES string of the molecule is N#Cc1ccc(/C=C/CN[C@H](CCO)c2ccccc2)cc1. The summed E-state index contributed by atoms with van der Waals surface area (Å²) in [6, 6.07) is 19.9. The molecular formula is C19H20N2O. The van der Waals surface area contributed by atoms with Crippen LogP contribution in [-0.4, -0.2) is 18.3 Å². The Morgan fingerprint density at radius 3 is 2.45 bits per heavy atom. The fourth-order valence-corrected chi connectivity index (χ4v) is 2.28.